The lowest BCUT2D eigenvalue weighted by Crippen LogP contribution is -2.46. The second-order valence-electron chi connectivity index (χ2n) is 12.3. The SMILES string of the molecule is CCCCOc1ccc(C)c(C(c2cc(OCCCC)ccc2C)C2CCCN(CCCCN3C(=O)COCC3=O)C2)c1. The van der Waals surface area contributed by atoms with E-state index in [4.69, 9.17) is 14.2 Å². The van der Waals surface area contributed by atoms with Crippen molar-refractivity contribution in [1.82, 2.24) is 9.80 Å². The zero-order valence-corrected chi connectivity index (χ0v) is 26.9. The van der Waals surface area contributed by atoms with Gasteiger partial charge in [0.05, 0.1) is 13.2 Å². The molecule has 4 rings (SSSR count). The molecule has 2 saturated heterocycles. The van der Waals surface area contributed by atoms with E-state index in [0.717, 1.165) is 89.3 Å². The number of aryl methyl sites for hydroxylation is 2. The molecule has 236 valence electrons. The van der Waals surface area contributed by atoms with Gasteiger partial charge in [0, 0.05) is 19.0 Å². The molecule has 0 aliphatic carbocycles. The standard InChI is InChI=1S/C36H52N2O5/c1-5-7-20-42-30-15-13-27(3)32(22-30)36(33-23-31(16-14-28(33)4)43-21-8-6-2)29-12-11-18-37(24-29)17-9-10-19-38-34(39)25-41-26-35(38)40/h13-16,22-23,29,36H,5-12,17-21,24-26H2,1-4H3. The summed E-state index contributed by atoms with van der Waals surface area (Å²) < 4.78 is 17.4. The van der Waals surface area contributed by atoms with Gasteiger partial charge in [-0.1, -0.05) is 38.8 Å². The van der Waals surface area contributed by atoms with Crippen LogP contribution in [0, 0.1) is 19.8 Å². The lowest BCUT2D eigenvalue weighted by atomic mass is 9.74. The number of amides is 2. The number of piperidine rings is 1. The summed E-state index contributed by atoms with van der Waals surface area (Å²) in [6.45, 7) is 13.9. The van der Waals surface area contributed by atoms with Gasteiger partial charge >= 0.3 is 0 Å². The third-order valence-electron chi connectivity index (χ3n) is 8.88. The van der Waals surface area contributed by atoms with Gasteiger partial charge < -0.3 is 19.1 Å². The Hall–Kier alpha value is -2.90. The number of ether oxygens (including phenoxy) is 3. The van der Waals surface area contributed by atoms with Crippen molar-refractivity contribution in [2.24, 2.45) is 5.92 Å². The van der Waals surface area contributed by atoms with Crippen LogP contribution in [-0.4, -0.2) is 74.2 Å². The molecule has 2 aliphatic heterocycles. The number of benzene rings is 2. The van der Waals surface area contributed by atoms with E-state index in [0.29, 0.717) is 12.5 Å². The normalized spacial score (nSPS) is 18.0. The van der Waals surface area contributed by atoms with Crippen molar-refractivity contribution < 1.29 is 23.8 Å². The fraction of sp³-hybridized carbons (Fsp3) is 0.611. The van der Waals surface area contributed by atoms with Crippen molar-refractivity contribution in [2.75, 3.05) is 52.6 Å². The number of morpholine rings is 1. The van der Waals surface area contributed by atoms with E-state index in [2.05, 4.69) is 69.0 Å². The Labute approximate surface area is 258 Å². The summed E-state index contributed by atoms with van der Waals surface area (Å²) >= 11 is 0. The fourth-order valence-electron chi connectivity index (χ4n) is 6.37. The molecule has 0 bridgehead atoms. The lowest BCUT2D eigenvalue weighted by Gasteiger charge is -2.39. The van der Waals surface area contributed by atoms with Gasteiger partial charge in [-0.25, -0.2) is 0 Å². The molecule has 0 spiro atoms. The van der Waals surface area contributed by atoms with Crippen molar-refractivity contribution in [3.05, 3.63) is 58.7 Å². The number of carbonyl (C=O) groups excluding carboxylic acids is 2. The highest BCUT2D eigenvalue weighted by molar-refractivity contribution is 5.98. The van der Waals surface area contributed by atoms with Gasteiger partial charge in [-0.2, -0.15) is 0 Å². The van der Waals surface area contributed by atoms with Gasteiger partial charge in [-0.15, -0.1) is 0 Å². The van der Waals surface area contributed by atoms with Crippen LogP contribution in [0.3, 0.4) is 0 Å². The minimum Gasteiger partial charge on any atom is -0.494 e. The Morgan fingerprint density at radius 2 is 1.37 bits per heavy atom. The molecule has 7 nitrogen and oxygen atoms in total. The molecule has 0 radical (unpaired) electrons. The summed E-state index contributed by atoms with van der Waals surface area (Å²) in [5.74, 6) is 2.15. The molecule has 1 unspecified atom stereocenters. The number of unbranched alkanes of at least 4 members (excludes halogenated alkanes) is 3. The highest BCUT2D eigenvalue weighted by Crippen LogP contribution is 2.42. The quantitative estimate of drug-likeness (QED) is 0.160. The number of nitrogens with zero attached hydrogens (tertiary/aromatic N) is 2. The van der Waals surface area contributed by atoms with E-state index in [1.54, 1.807) is 0 Å². The molecule has 7 heteroatoms. The average Bonchev–Trinajstić information content (AvgIpc) is 3.00. The summed E-state index contributed by atoms with van der Waals surface area (Å²) in [5, 5.41) is 0. The highest BCUT2D eigenvalue weighted by Gasteiger charge is 2.32. The Balaban J connectivity index is 1.53. The zero-order chi connectivity index (χ0) is 30.6. The average molecular weight is 593 g/mol. The Morgan fingerprint density at radius 1 is 0.814 bits per heavy atom. The van der Waals surface area contributed by atoms with Crippen molar-refractivity contribution in [2.45, 2.75) is 85.0 Å². The second kappa shape index (κ2) is 16.8. The number of likely N-dealkylation sites (tertiary alicyclic amines) is 1. The molecule has 0 aromatic heterocycles. The number of imide groups is 1. The van der Waals surface area contributed by atoms with E-state index < -0.39 is 0 Å². The number of rotatable bonds is 16. The maximum atomic E-state index is 12.1. The topological polar surface area (TPSA) is 68.3 Å². The summed E-state index contributed by atoms with van der Waals surface area (Å²) in [6, 6.07) is 13.2. The van der Waals surface area contributed by atoms with Gasteiger partial charge in [0.1, 0.15) is 24.7 Å². The molecule has 0 saturated carbocycles. The van der Waals surface area contributed by atoms with E-state index in [9.17, 15) is 9.59 Å². The summed E-state index contributed by atoms with van der Waals surface area (Å²) in [7, 11) is 0. The Kier molecular flexibility index (Phi) is 12.9. The van der Waals surface area contributed by atoms with Crippen molar-refractivity contribution in [1.29, 1.82) is 0 Å². The van der Waals surface area contributed by atoms with Crippen LogP contribution in [0.15, 0.2) is 36.4 Å². The van der Waals surface area contributed by atoms with Crippen LogP contribution in [0.1, 0.15) is 93.4 Å². The molecule has 1 atom stereocenters. The van der Waals surface area contributed by atoms with Crippen LogP contribution in [0.25, 0.3) is 0 Å². The number of hydrogen-bond donors (Lipinski definition) is 0. The monoisotopic (exact) mass is 592 g/mol. The molecule has 2 heterocycles. The van der Waals surface area contributed by atoms with Crippen molar-refractivity contribution in [3.8, 4) is 11.5 Å². The second-order valence-corrected chi connectivity index (χ2v) is 12.3. The summed E-state index contributed by atoms with van der Waals surface area (Å²) in [5.41, 5.74) is 5.28. The molecule has 43 heavy (non-hydrogen) atoms. The predicted octanol–water partition coefficient (Wildman–Crippen LogP) is 6.67. The van der Waals surface area contributed by atoms with Crippen LogP contribution in [0.5, 0.6) is 11.5 Å². The molecule has 2 aliphatic rings. The third kappa shape index (κ3) is 9.29. The molecule has 2 fully saturated rings. The highest BCUT2D eigenvalue weighted by atomic mass is 16.5. The Bertz CT molecular complexity index is 1120. The van der Waals surface area contributed by atoms with Crippen LogP contribution in [0.4, 0.5) is 0 Å². The first-order chi connectivity index (χ1) is 20.9. The number of hydrogen-bond acceptors (Lipinski definition) is 6. The fourth-order valence-corrected chi connectivity index (χ4v) is 6.37. The zero-order valence-electron chi connectivity index (χ0n) is 26.9. The maximum Gasteiger partial charge on any atom is 0.255 e. The molecule has 2 aromatic carbocycles. The molecular formula is C36H52N2O5. The molecule has 0 N–H and O–H groups in total. The van der Waals surface area contributed by atoms with Crippen LogP contribution in [0.2, 0.25) is 0 Å². The van der Waals surface area contributed by atoms with E-state index in [1.165, 1.54) is 33.6 Å². The Morgan fingerprint density at radius 3 is 1.93 bits per heavy atom. The number of carbonyl (C=O) groups is 2. The smallest absolute Gasteiger partial charge is 0.255 e. The first kappa shape index (κ1) is 33.0. The lowest BCUT2D eigenvalue weighted by molar-refractivity contribution is -0.158. The molecule has 2 amide bonds. The minimum atomic E-state index is -0.218. The maximum absolute atomic E-state index is 12.1. The summed E-state index contributed by atoms with van der Waals surface area (Å²) in [6.07, 6.45) is 8.41. The van der Waals surface area contributed by atoms with Crippen molar-refractivity contribution in [3.63, 3.8) is 0 Å². The molecule has 2 aromatic rings. The van der Waals surface area contributed by atoms with E-state index >= 15 is 0 Å². The van der Waals surface area contributed by atoms with E-state index in [1.807, 2.05) is 0 Å². The van der Waals surface area contributed by atoms with Gasteiger partial charge in [-0.05, 0) is 118 Å². The van der Waals surface area contributed by atoms with Crippen LogP contribution in [-0.2, 0) is 14.3 Å². The van der Waals surface area contributed by atoms with Crippen LogP contribution >= 0.6 is 0 Å². The summed E-state index contributed by atoms with van der Waals surface area (Å²) in [4.78, 5) is 28.1. The first-order valence-electron chi connectivity index (χ1n) is 16.5. The van der Waals surface area contributed by atoms with Gasteiger partial charge in [0.25, 0.3) is 11.8 Å². The van der Waals surface area contributed by atoms with Gasteiger partial charge in [0.15, 0.2) is 0 Å². The molecular weight excluding hydrogens is 540 g/mol. The third-order valence-corrected chi connectivity index (χ3v) is 8.88. The van der Waals surface area contributed by atoms with Crippen LogP contribution < -0.4 is 9.47 Å². The predicted molar refractivity (Wildman–Crippen MR) is 171 cm³/mol. The van der Waals surface area contributed by atoms with E-state index in [-0.39, 0.29) is 30.9 Å². The minimum absolute atomic E-state index is 0.00938. The first-order valence-corrected chi connectivity index (χ1v) is 16.5. The van der Waals surface area contributed by atoms with Crippen molar-refractivity contribution >= 4 is 11.8 Å². The van der Waals surface area contributed by atoms with Gasteiger partial charge in [0.2, 0.25) is 0 Å². The van der Waals surface area contributed by atoms with Gasteiger partial charge in [-0.3, -0.25) is 14.5 Å². The largest absolute Gasteiger partial charge is 0.494 e.